The second kappa shape index (κ2) is 9.71. The maximum Gasteiger partial charge on any atom is 0.188 e. The highest BCUT2D eigenvalue weighted by molar-refractivity contribution is 7.98. The average Bonchev–Trinajstić information content (AvgIpc) is 2.16. The summed E-state index contributed by atoms with van der Waals surface area (Å²) in [6, 6.07) is 0. The summed E-state index contributed by atoms with van der Waals surface area (Å²) in [4.78, 5) is 3.82. The molecule has 0 radical (unpaired) electrons. The van der Waals surface area contributed by atoms with E-state index in [4.69, 9.17) is 5.73 Å². The third kappa shape index (κ3) is 9.53. The normalized spacial score (nSPS) is 11.7. The molecule has 0 aliphatic carbocycles. The van der Waals surface area contributed by atoms with Gasteiger partial charge in [-0.1, -0.05) is 12.8 Å². The fourth-order valence-corrected chi connectivity index (χ4v) is 1.51. The zero-order chi connectivity index (χ0) is 9.94. The standard InChI is InChI=1S/C9H21N3S/c1-11-9(10)12-7-5-3-4-6-8-13-2/h3-8H2,1-2H3,(H3,10,11,12). The third-order valence-corrected chi connectivity index (χ3v) is 2.52. The van der Waals surface area contributed by atoms with Crippen LogP contribution in [0.25, 0.3) is 0 Å². The fourth-order valence-electron chi connectivity index (χ4n) is 1.02. The van der Waals surface area contributed by atoms with Crippen LogP contribution in [0.2, 0.25) is 0 Å². The predicted molar refractivity (Wildman–Crippen MR) is 62.4 cm³/mol. The monoisotopic (exact) mass is 203 g/mol. The summed E-state index contributed by atoms with van der Waals surface area (Å²) in [5.74, 6) is 1.83. The summed E-state index contributed by atoms with van der Waals surface area (Å²) in [6.45, 7) is 0.947. The third-order valence-electron chi connectivity index (χ3n) is 1.82. The summed E-state index contributed by atoms with van der Waals surface area (Å²) >= 11 is 1.92. The van der Waals surface area contributed by atoms with Crippen molar-refractivity contribution in [3.8, 4) is 0 Å². The Morgan fingerprint density at radius 3 is 2.62 bits per heavy atom. The second-order valence-electron chi connectivity index (χ2n) is 2.94. The fraction of sp³-hybridized carbons (Fsp3) is 0.889. The van der Waals surface area contributed by atoms with Crippen LogP contribution in [0.3, 0.4) is 0 Å². The van der Waals surface area contributed by atoms with Gasteiger partial charge in [0.05, 0.1) is 0 Å². The molecular weight excluding hydrogens is 182 g/mol. The molecule has 0 bridgehead atoms. The van der Waals surface area contributed by atoms with Crippen LogP contribution < -0.4 is 11.1 Å². The average molecular weight is 203 g/mol. The van der Waals surface area contributed by atoms with E-state index in [9.17, 15) is 0 Å². The van der Waals surface area contributed by atoms with Gasteiger partial charge in [0.1, 0.15) is 0 Å². The number of guanidine groups is 1. The highest BCUT2D eigenvalue weighted by atomic mass is 32.2. The van der Waals surface area contributed by atoms with Crippen molar-refractivity contribution in [2.75, 3.05) is 25.6 Å². The summed E-state index contributed by atoms with van der Waals surface area (Å²) < 4.78 is 0. The number of hydrogen-bond acceptors (Lipinski definition) is 2. The highest BCUT2D eigenvalue weighted by Crippen LogP contribution is 2.03. The van der Waals surface area contributed by atoms with Crippen molar-refractivity contribution < 1.29 is 0 Å². The van der Waals surface area contributed by atoms with Gasteiger partial charge in [0.15, 0.2) is 5.96 Å². The van der Waals surface area contributed by atoms with Gasteiger partial charge in [0.25, 0.3) is 0 Å². The quantitative estimate of drug-likeness (QED) is 0.374. The summed E-state index contributed by atoms with van der Waals surface area (Å²) in [5, 5.41) is 3.05. The lowest BCUT2D eigenvalue weighted by molar-refractivity contribution is 0.656. The van der Waals surface area contributed by atoms with Crippen LogP contribution in [-0.2, 0) is 0 Å². The van der Waals surface area contributed by atoms with Crippen LogP contribution in [-0.4, -0.2) is 31.6 Å². The number of thioether (sulfide) groups is 1. The van der Waals surface area contributed by atoms with Crippen LogP contribution in [0.4, 0.5) is 0 Å². The molecule has 3 nitrogen and oxygen atoms in total. The van der Waals surface area contributed by atoms with Gasteiger partial charge in [0, 0.05) is 13.6 Å². The van der Waals surface area contributed by atoms with Gasteiger partial charge in [0.2, 0.25) is 0 Å². The molecule has 0 aromatic heterocycles. The van der Waals surface area contributed by atoms with Crippen LogP contribution in [0, 0.1) is 0 Å². The first kappa shape index (κ1) is 12.6. The number of rotatable bonds is 7. The number of aliphatic imine (C=N–C) groups is 1. The molecule has 0 fully saturated rings. The molecule has 0 rings (SSSR count). The van der Waals surface area contributed by atoms with Crippen molar-refractivity contribution in [2.45, 2.75) is 25.7 Å². The Labute approximate surface area is 85.6 Å². The van der Waals surface area contributed by atoms with Gasteiger partial charge >= 0.3 is 0 Å². The number of nitrogens with one attached hydrogen (secondary N) is 1. The number of nitrogens with two attached hydrogens (primary N) is 1. The van der Waals surface area contributed by atoms with E-state index in [2.05, 4.69) is 16.6 Å². The smallest absolute Gasteiger partial charge is 0.188 e. The minimum atomic E-state index is 0.545. The molecule has 0 atom stereocenters. The molecule has 0 spiro atoms. The molecule has 0 heterocycles. The molecule has 0 saturated carbocycles. The van der Waals surface area contributed by atoms with Crippen LogP contribution in [0.5, 0.6) is 0 Å². The molecular formula is C9H21N3S. The van der Waals surface area contributed by atoms with E-state index < -0.39 is 0 Å². The lowest BCUT2D eigenvalue weighted by atomic mass is 10.2. The lowest BCUT2D eigenvalue weighted by Gasteiger charge is -2.03. The second-order valence-corrected chi connectivity index (χ2v) is 3.93. The predicted octanol–water partition coefficient (Wildman–Crippen LogP) is 1.44. The van der Waals surface area contributed by atoms with Crippen molar-refractivity contribution >= 4 is 17.7 Å². The topological polar surface area (TPSA) is 50.4 Å². The number of nitrogens with zero attached hydrogens (tertiary/aromatic N) is 1. The van der Waals surface area contributed by atoms with Gasteiger partial charge in [-0.05, 0) is 24.9 Å². The molecule has 3 N–H and O–H groups in total. The summed E-state index contributed by atoms with van der Waals surface area (Å²) in [7, 11) is 1.70. The zero-order valence-corrected chi connectivity index (χ0v) is 9.49. The Balaban J connectivity index is 3.00. The Hall–Kier alpha value is -0.380. The first-order valence-electron chi connectivity index (χ1n) is 4.76. The van der Waals surface area contributed by atoms with E-state index in [0.29, 0.717) is 5.96 Å². The largest absolute Gasteiger partial charge is 0.370 e. The Morgan fingerprint density at radius 2 is 2.00 bits per heavy atom. The van der Waals surface area contributed by atoms with E-state index in [1.165, 1.54) is 31.4 Å². The van der Waals surface area contributed by atoms with Crippen molar-refractivity contribution in [1.82, 2.24) is 5.32 Å². The van der Waals surface area contributed by atoms with Crippen molar-refractivity contribution in [1.29, 1.82) is 0 Å². The highest BCUT2D eigenvalue weighted by Gasteiger charge is 1.90. The zero-order valence-electron chi connectivity index (χ0n) is 8.68. The Kier molecular flexibility index (Phi) is 9.42. The molecule has 0 unspecified atom stereocenters. The van der Waals surface area contributed by atoms with Gasteiger partial charge in [-0.25, -0.2) is 0 Å². The first-order valence-corrected chi connectivity index (χ1v) is 6.15. The molecule has 0 aliphatic heterocycles. The van der Waals surface area contributed by atoms with Gasteiger partial charge in [-0.15, -0.1) is 0 Å². The first-order chi connectivity index (χ1) is 6.31. The minimum Gasteiger partial charge on any atom is -0.370 e. The summed E-state index contributed by atoms with van der Waals surface area (Å²) in [6.07, 6.45) is 7.28. The van der Waals surface area contributed by atoms with Crippen LogP contribution in [0.15, 0.2) is 4.99 Å². The number of unbranched alkanes of at least 4 members (excludes halogenated alkanes) is 3. The van der Waals surface area contributed by atoms with E-state index in [1.807, 2.05) is 11.8 Å². The maximum atomic E-state index is 5.47. The molecule has 0 saturated heterocycles. The Bertz CT molecular complexity index is 137. The molecule has 0 aromatic rings. The SMILES string of the molecule is CN=C(N)NCCCCCCSC. The molecule has 0 aliphatic rings. The molecule has 0 amide bonds. The lowest BCUT2D eigenvalue weighted by Crippen LogP contribution is -2.31. The van der Waals surface area contributed by atoms with Gasteiger partial charge < -0.3 is 11.1 Å². The van der Waals surface area contributed by atoms with Crippen molar-refractivity contribution in [2.24, 2.45) is 10.7 Å². The van der Waals surface area contributed by atoms with Crippen molar-refractivity contribution in [3.63, 3.8) is 0 Å². The van der Waals surface area contributed by atoms with E-state index in [-0.39, 0.29) is 0 Å². The van der Waals surface area contributed by atoms with Crippen LogP contribution >= 0.6 is 11.8 Å². The molecule has 13 heavy (non-hydrogen) atoms. The van der Waals surface area contributed by atoms with Gasteiger partial charge in [-0.3, -0.25) is 4.99 Å². The minimum absolute atomic E-state index is 0.545. The van der Waals surface area contributed by atoms with Crippen molar-refractivity contribution in [3.05, 3.63) is 0 Å². The maximum absolute atomic E-state index is 5.47. The molecule has 4 heteroatoms. The van der Waals surface area contributed by atoms with Crippen LogP contribution in [0.1, 0.15) is 25.7 Å². The van der Waals surface area contributed by atoms with E-state index in [1.54, 1.807) is 7.05 Å². The van der Waals surface area contributed by atoms with E-state index in [0.717, 1.165) is 6.54 Å². The number of hydrogen-bond donors (Lipinski definition) is 2. The summed E-state index contributed by atoms with van der Waals surface area (Å²) in [5.41, 5.74) is 5.47. The van der Waals surface area contributed by atoms with Gasteiger partial charge in [-0.2, -0.15) is 11.8 Å². The Morgan fingerprint density at radius 1 is 1.31 bits per heavy atom. The van der Waals surface area contributed by atoms with E-state index >= 15 is 0 Å². The molecule has 78 valence electrons. The molecule has 0 aromatic carbocycles.